The Labute approximate surface area is 117 Å². The molecule has 1 aromatic heterocycles. The third kappa shape index (κ3) is 3.56. The van der Waals surface area contributed by atoms with Crippen LogP contribution in [0.4, 0.5) is 4.39 Å². The van der Waals surface area contributed by atoms with E-state index in [-0.39, 0.29) is 18.0 Å². The molecule has 0 amide bonds. The molecule has 0 aliphatic carbocycles. The lowest BCUT2D eigenvalue weighted by Crippen LogP contribution is -2.46. The minimum atomic E-state index is -0.326. The van der Waals surface area contributed by atoms with Crippen LogP contribution in [0.25, 0.3) is 11.0 Å². The number of fused-ring (bicyclic) bond motifs is 1. The van der Waals surface area contributed by atoms with Gasteiger partial charge < -0.3 is 19.6 Å². The number of hydrogen-bond acceptors (Lipinski definition) is 4. The second-order valence-electron chi connectivity index (χ2n) is 5.22. The smallest absolute Gasteiger partial charge is 0.134 e. The fourth-order valence-electron chi connectivity index (χ4n) is 2.23. The number of benzene rings is 1. The molecule has 20 heavy (non-hydrogen) atoms. The molecule has 0 radical (unpaired) electrons. The topological polar surface area (TPSA) is 54.6 Å². The third-order valence-electron chi connectivity index (χ3n) is 3.35. The normalized spacial score (nSPS) is 14.6. The van der Waals surface area contributed by atoms with Crippen molar-refractivity contribution in [2.45, 2.75) is 25.4 Å². The van der Waals surface area contributed by atoms with Crippen molar-refractivity contribution in [3.63, 3.8) is 0 Å². The zero-order chi connectivity index (χ0) is 14.6. The van der Waals surface area contributed by atoms with E-state index in [1.807, 2.05) is 13.0 Å². The van der Waals surface area contributed by atoms with Crippen LogP contribution in [0.5, 0.6) is 0 Å². The van der Waals surface area contributed by atoms with Gasteiger partial charge >= 0.3 is 0 Å². The summed E-state index contributed by atoms with van der Waals surface area (Å²) in [5.74, 6) is 0.452. The van der Waals surface area contributed by atoms with E-state index < -0.39 is 0 Å². The van der Waals surface area contributed by atoms with Crippen molar-refractivity contribution in [3.8, 4) is 0 Å². The third-order valence-corrected chi connectivity index (χ3v) is 3.35. The highest BCUT2D eigenvalue weighted by Crippen LogP contribution is 2.21. The van der Waals surface area contributed by atoms with E-state index in [0.29, 0.717) is 25.2 Å². The summed E-state index contributed by atoms with van der Waals surface area (Å²) in [7, 11) is 1.63. The van der Waals surface area contributed by atoms with Gasteiger partial charge in [0, 0.05) is 24.6 Å². The zero-order valence-electron chi connectivity index (χ0n) is 11.8. The van der Waals surface area contributed by atoms with Crippen LogP contribution in [0.15, 0.2) is 28.7 Å². The molecular formula is C15H20FNO3. The predicted octanol–water partition coefficient (Wildman–Crippen LogP) is 2.45. The van der Waals surface area contributed by atoms with Crippen molar-refractivity contribution in [2.24, 2.45) is 0 Å². The van der Waals surface area contributed by atoms with Gasteiger partial charge in [0.2, 0.25) is 0 Å². The maximum atomic E-state index is 13.1. The number of aliphatic hydroxyl groups is 1. The van der Waals surface area contributed by atoms with Crippen molar-refractivity contribution in [1.82, 2.24) is 5.32 Å². The average molecular weight is 281 g/mol. The second-order valence-corrected chi connectivity index (χ2v) is 5.22. The van der Waals surface area contributed by atoms with Crippen LogP contribution >= 0.6 is 0 Å². The highest BCUT2D eigenvalue weighted by atomic mass is 19.1. The Morgan fingerprint density at radius 2 is 2.20 bits per heavy atom. The van der Waals surface area contributed by atoms with E-state index in [0.717, 1.165) is 11.1 Å². The van der Waals surface area contributed by atoms with Crippen LogP contribution in [0.1, 0.15) is 19.1 Å². The van der Waals surface area contributed by atoms with Crippen molar-refractivity contribution in [1.29, 1.82) is 0 Å². The lowest BCUT2D eigenvalue weighted by atomic mass is 9.99. The summed E-state index contributed by atoms with van der Waals surface area (Å²) in [4.78, 5) is 0. The Kier molecular flexibility index (Phi) is 4.75. The van der Waals surface area contributed by atoms with Gasteiger partial charge in [-0.15, -0.1) is 0 Å². The molecule has 1 heterocycles. The van der Waals surface area contributed by atoms with E-state index in [1.54, 1.807) is 13.2 Å². The van der Waals surface area contributed by atoms with Crippen LogP contribution in [0.3, 0.4) is 0 Å². The summed E-state index contributed by atoms with van der Waals surface area (Å²) >= 11 is 0. The average Bonchev–Trinajstić information content (AvgIpc) is 2.79. The molecule has 2 rings (SSSR count). The molecule has 2 N–H and O–H groups in total. The number of rotatable bonds is 7. The number of nitrogens with one attached hydrogen (secondary N) is 1. The summed E-state index contributed by atoms with van der Waals surface area (Å²) in [6.07, 6.45) is 0.579. The molecule has 1 unspecified atom stereocenters. The molecule has 0 aliphatic heterocycles. The largest absolute Gasteiger partial charge is 0.460 e. The lowest BCUT2D eigenvalue weighted by Gasteiger charge is -2.29. The SMILES string of the molecule is COCC(C)(CCO)NCc1cc2cc(F)ccc2o1. The van der Waals surface area contributed by atoms with Gasteiger partial charge in [0.1, 0.15) is 17.2 Å². The summed E-state index contributed by atoms with van der Waals surface area (Å²) in [6, 6.07) is 6.27. The Morgan fingerprint density at radius 3 is 2.90 bits per heavy atom. The van der Waals surface area contributed by atoms with E-state index in [2.05, 4.69) is 5.32 Å². The fraction of sp³-hybridized carbons (Fsp3) is 0.467. The summed E-state index contributed by atoms with van der Waals surface area (Å²) in [6.45, 7) is 3.05. The Hall–Kier alpha value is -1.43. The van der Waals surface area contributed by atoms with E-state index >= 15 is 0 Å². The predicted molar refractivity (Wildman–Crippen MR) is 75.0 cm³/mol. The van der Waals surface area contributed by atoms with E-state index in [9.17, 15) is 4.39 Å². The monoisotopic (exact) mass is 281 g/mol. The second kappa shape index (κ2) is 6.35. The molecule has 0 saturated carbocycles. The van der Waals surface area contributed by atoms with E-state index in [1.165, 1.54) is 12.1 Å². The summed E-state index contributed by atoms with van der Waals surface area (Å²) < 4.78 is 23.9. The van der Waals surface area contributed by atoms with Gasteiger partial charge in [-0.2, -0.15) is 0 Å². The van der Waals surface area contributed by atoms with Crippen molar-refractivity contribution in [2.75, 3.05) is 20.3 Å². The van der Waals surface area contributed by atoms with Gasteiger partial charge in [0.05, 0.1) is 13.2 Å². The molecular weight excluding hydrogens is 261 g/mol. The molecule has 0 saturated heterocycles. The minimum absolute atomic E-state index is 0.0815. The van der Waals surface area contributed by atoms with Crippen LogP contribution < -0.4 is 5.32 Å². The first kappa shape index (κ1) is 15.0. The number of hydrogen-bond donors (Lipinski definition) is 2. The molecule has 5 heteroatoms. The first-order chi connectivity index (χ1) is 9.56. The number of methoxy groups -OCH3 is 1. The van der Waals surface area contributed by atoms with Gasteiger partial charge in [0.15, 0.2) is 0 Å². The highest BCUT2D eigenvalue weighted by Gasteiger charge is 2.23. The molecule has 110 valence electrons. The number of ether oxygens (including phenoxy) is 1. The van der Waals surface area contributed by atoms with Gasteiger partial charge in [-0.1, -0.05) is 0 Å². The van der Waals surface area contributed by atoms with Crippen molar-refractivity contribution in [3.05, 3.63) is 35.8 Å². The first-order valence-corrected chi connectivity index (χ1v) is 6.59. The molecule has 1 aromatic carbocycles. The highest BCUT2D eigenvalue weighted by molar-refractivity contribution is 5.77. The van der Waals surface area contributed by atoms with Crippen LogP contribution in [0, 0.1) is 5.82 Å². The summed E-state index contributed by atoms with van der Waals surface area (Å²) in [5.41, 5.74) is 0.340. The molecule has 2 aromatic rings. The maximum Gasteiger partial charge on any atom is 0.134 e. The van der Waals surface area contributed by atoms with Crippen molar-refractivity contribution >= 4 is 11.0 Å². The molecule has 0 aliphatic rings. The maximum absolute atomic E-state index is 13.1. The molecule has 0 fully saturated rings. The minimum Gasteiger partial charge on any atom is -0.460 e. The van der Waals surface area contributed by atoms with Gasteiger partial charge in [0.25, 0.3) is 0 Å². The molecule has 4 nitrogen and oxygen atoms in total. The van der Waals surface area contributed by atoms with Crippen LogP contribution in [-0.2, 0) is 11.3 Å². The van der Waals surface area contributed by atoms with Crippen LogP contribution in [0.2, 0.25) is 0 Å². The lowest BCUT2D eigenvalue weighted by molar-refractivity contribution is 0.0957. The Balaban J connectivity index is 2.07. The van der Waals surface area contributed by atoms with Gasteiger partial charge in [-0.05, 0) is 37.6 Å². The molecule has 0 spiro atoms. The molecule has 0 bridgehead atoms. The Bertz CT molecular complexity index is 561. The summed E-state index contributed by atoms with van der Waals surface area (Å²) in [5, 5.41) is 13.2. The number of halogens is 1. The first-order valence-electron chi connectivity index (χ1n) is 6.59. The number of furan rings is 1. The Morgan fingerprint density at radius 1 is 1.40 bits per heavy atom. The zero-order valence-corrected chi connectivity index (χ0v) is 11.8. The quantitative estimate of drug-likeness (QED) is 0.818. The van der Waals surface area contributed by atoms with Gasteiger partial charge in [-0.25, -0.2) is 4.39 Å². The molecule has 1 atom stereocenters. The van der Waals surface area contributed by atoms with Crippen molar-refractivity contribution < 1.29 is 18.7 Å². The van der Waals surface area contributed by atoms with E-state index in [4.69, 9.17) is 14.3 Å². The fourth-order valence-corrected chi connectivity index (χ4v) is 2.23. The van der Waals surface area contributed by atoms with Gasteiger partial charge in [-0.3, -0.25) is 0 Å². The number of aliphatic hydroxyl groups excluding tert-OH is 1. The van der Waals surface area contributed by atoms with Crippen LogP contribution in [-0.4, -0.2) is 31.0 Å². The standard InChI is InChI=1S/C15H20FNO3/c1-15(5-6-18,10-19-2)17-9-13-8-11-7-12(16)3-4-14(11)20-13/h3-4,7-8,17-18H,5-6,9-10H2,1-2H3.